The van der Waals surface area contributed by atoms with Crippen LogP contribution in [-0.4, -0.2) is 18.5 Å². The van der Waals surface area contributed by atoms with E-state index in [1.54, 1.807) is 24.3 Å². The lowest BCUT2D eigenvalue weighted by Gasteiger charge is -2.06. The molecule has 0 saturated carbocycles. The summed E-state index contributed by atoms with van der Waals surface area (Å²) in [6, 6.07) is 11.9. The van der Waals surface area contributed by atoms with Crippen LogP contribution in [0.1, 0.15) is 16.7 Å². The summed E-state index contributed by atoms with van der Waals surface area (Å²) in [5.74, 6) is -1.53. The van der Waals surface area contributed by atoms with Crippen LogP contribution in [0.15, 0.2) is 53.0 Å². The maximum atomic E-state index is 13.4. The van der Waals surface area contributed by atoms with Crippen molar-refractivity contribution in [3.8, 4) is 0 Å². The summed E-state index contributed by atoms with van der Waals surface area (Å²) in [5, 5.41) is 2.50. The van der Waals surface area contributed by atoms with Crippen LogP contribution < -0.4 is 5.32 Å². The summed E-state index contributed by atoms with van der Waals surface area (Å²) in [6.07, 6.45) is 2.85. The molecule has 130 valence electrons. The first-order valence-electron chi connectivity index (χ1n) is 7.57. The molecule has 0 saturated heterocycles. The number of esters is 1. The monoisotopic (exact) mass is 405 g/mol. The normalized spacial score (nSPS) is 10.7. The highest BCUT2D eigenvalue weighted by molar-refractivity contribution is 9.10. The number of benzene rings is 2. The van der Waals surface area contributed by atoms with Crippen molar-refractivity contribution in [3.63, 3.8) is 0 Å². The van der Waals surface area contributed by atoms with Crippen LogP contribution in [0.5, 0.6) is 0 Å². The molecule has 2 aromatic carbocycles. The standard InChI is InChI=1S/C19H17BrFNO3/c1-13-6-7-14(16(20)10-13)8-9-19(24)25-12-18(23)22-11-15-4-2-3-5-17(15)21/h2-10H,11-12H2,1H3,(H,22,23)/b9-8+. The molecule has 6 heteroatoms. The first-order chi connectivity index (χ1) is 12.0. The van der Waals surface area contributed by atoms with Crippen molar-refractivity contribution in [2.24, 2.45) is 0 Å². The Morgan fingerprint density at radius 1 is 1.24 bits per heavy atom. The van der Waals surface area contributed by atoms with Gasteiger partial charge >= 0.3 is 5.97 Å². The third kappa shape index (κ3) is 6.15. The van der Waals surface area contributed by atoms with E-state index in [1.165, 1.54) is 12.1 Å². The van der Waals surface area contributed by atoms with Crippen molar-refractivity contribution in [1.29, 1.82) is 0 Å². The largest absolute Gasteiger partial charge is 0.452 e. The quantitative estimate of drug-likeness (QED) is 0.587. The van der Waals surface area contributed by atoms with E-state index in [1.807, 2.05) is 25.1 Å². The van der Waals surface area contributed by atoms with E-state index < -0.39 is 24.3 Å². The molecule has 4 nitrogen and oxygen atoms in total. The van der Waals surface area contributed by atoms with E-state index in [0.717, 1.165) is 15.6 Å². The molecule has 0 aliphatic rings. The highest BCUT2D eigenvalue weighted by Gasteiger charge is 2.07. The Labute approximate surface area is 153 Å². The fourth-order valence-electron chi connectivity index (χ4n) is 2.00. The Kier molecular flexibility index (Phi) is 6.89. The molecule has 0 bridgehead atoms. The summed E-state index contributed by atoms with van der Waals surface area (Å²) in [7, 11) is 0. The Morgan fingerprint density at radius 3 is 2.72 bits per heavy atom. The summed E-state index contributed by atoms with van der Waals surface area (Å²) < 4.78 is 19.1. The van der Waals surface area contributed by atoms with Crippen LogP contribution in [-0.2, 0) is 20.9 Å². The topological polar surface area (TPSA) is 55.4 Å². The van der Waals surface area contributed by atoms with Crippen molar-refractivity contribution in [2.45, 2.75) is 13.5 Å². The number of carbonyl (C=O) groups excluding carboxylic acids is 2. The van der Waals surface area contributed by atoms with Crippen LogP contribution in [0.4, 0.5) is 4.39 Å². The average molecular weight is 406 g/mol. The van der Waals surface area contributed by atoms with Crippen molar-refractivity contribution in [2.75, 3.05) is 6.61 Å². The van der Waals surface area contributed by atoms with Gasteiger partial charge in [0.15, 0.2) is 6.61 Å². The minimum Gasteiger partial charge on any atom is -0.452 e. The third-order valence-electron chi connectivity index (χ3n) is 3.33. The minimum absolute atomic E-state index is 0.0369. The number of hydrogen-bond acceptors (Lipinski definition) is 3. The molecule has 0 fully saturated rings. The number of amides is 1. The molecular weight excluding hydrogens is 389 g/mol. The fraction of sp³-hybridized carbons (Fsp3) is 0.158. The Morgan fingerprint density at radius 2 is 2.00 bits per heavy atom. The molecule has 0 aliphatic carbocycles. The molecule has 0 radical (unpaired) electrons. The van der Waals surface area contributed by atoms with Crippen LogP contribution >= 0.6 is 15.9 Å². The SMILES string of the molecule is Cc1ccc(/C=C/C(=O)OCC(=O)NCc2ccccc2F)c(Br)c1. The number of nitrogens with one attached hydrogen (secondary N) is 1. The van der Waals surface area contributed by atoms with Crippen molar-refractivity contribution >= 4 is 33.9 Å². The lowest BCUT2D eigenvalue weighted by atomic mass is 10.1. The number of aryl methyl sites for hydroxylation is 1. The summed E-state index contributed by atoms with van der Waals surface area (Å²) in [4.78, 5) is 23.3. The first kappa shape index (κ1) is 18.9. The predicted octanol–water partition coefficient (Wildman–Crippen LogP) is 3.77. The van der Waals surface area contributed by atoms with Gasteiger partial charge in [0.05, 0.1) is 0 Å². The molecule has 1 amide bonds. The molecule has 0 aliphatic heterocycles. The summed E-state index contributed by atoms with van der Waals surface area (Å²) >= 11 is 3.41. The van der Waals surface area contributed by atoms with Gasteiger partial charge < -0.3 is 10.1 Å². The number of hydrogen-bond donors (Lipinski definition) is 1. The van der Waals surface area contributed by atoms with Gasteiger partial charge in [0.25, 0.3) is 5.91 Å². The molecule has 0 unspecified atom stereocenters. The van der Waals surface area contributed by atoms with Crippen LogP contribution in [0.2, 0.25) is 0 Å². The maximum absolute atomic E-state index is 13.4. The highest BCUT2D eigenvalue weighted by Crippen LogP contribution is 2.19. The molecular formula is C19H17BrFNO3. The van der Waals surface area contributed by atoms with Crippen LogP contribution in [0.3, 0.4) is 0 Å². The van der Waals surface area contributed by atoms with Gasteiger partial charge in [0, 0.05) is 22.7 Å². The van der Waals surface area contributed by atoms with E-state index in [4.69, 9.17) is 4.74 Å². The maximum Gasteiger partial charge on any atom is 0.331 e. The van der Waals surface area contributed by atoms with Gasteiger partial charge in [-0.2, -0.15) is 0 Å². The van der Waals surface area contributed by atoms with E-state index >= 15 is 0 Å². The van der Waals surface area contributed by atoms with Crippen LogP contribution in [0.25, 0.3) is 6.08 Å². The third-order valence-corrected chi connectivity index (χ3v) is 4.02. The number of ether oxygens (including phenoxy) is 1. The van der Waals surface area contributed by atoms with Crippen LogP contribution in [0, 0.1) is 12.7 Å². The number of carbonyl (C=O) groups is 2. The zero-order valence-electron chi connectivity index (χ0n) is 13.6. The first-order valence-corrected chi connectivity index (χ1v) is 8.36. The fourth-order valence-corrected chi connectivity index (χ4v) is 2.62. The predicted molar refractivity (Wildman–Crippen MR) is 97.1 cm³/mol. The average Bonchev–Trinajstić information content (AvgIpc) is 2.58. The van der Waals surface area contributed by atoms with Gasteiger partial charge in [-0.25, -0.2) is 9.18 Å². The van der Waals surface area contributed by atoms with E-state index in [2.05, 4.69) is 21.2 Å². The van der Waals surface area contributed by atoms with E-state index in [0.29, 0.717) is 5.56 Å². The van der Waals surface area contributed by atoms with Gasteiger partial charge in [-0.15, -0.1) is 0 Å². The van der Waals surface area contributed by atoms with Crippen molar-refractivity contribution in [1.82, 2.24) is 5.32 Å². The number of halogens is 2. The molecule has 25 heavy (non-hydrogen) atoms. The van der Waals surface area contributed by atoms with Gasteiger partial charge in [-0.1, -0.05) is 46.3 Å². The molecule has 2 rings (SSSR count). The van der Waals surface area contributed by atoms with E-state index in [-0.39, 0.29) is 6.54 Å². The molecule has 1 N–H and O–H groups in total. The van der Waals surface area contributed by atoms with Gasteiger partial charge in [0.2, 0.25) is 0 Å². The second kappa shape index (κ2) is 9.13. The summed E-state index contributed by atoms with van der Waals surface area (Å²) in [5.41, 5.74) is 2.29. The minimum atomic E-state index is -0.631. The van der Waals surface area contributed by atoms with E-state index in [9.17, 15) is 14.0 Å². The lowest BCUT2D eigenvalue weighted by Crippen LogP contribution is -2.28. The Hall–Kier alpha value is -2.47. The molecule has 2 aromatic rings. The number of rotatable bonds is 6. The molecule has 0 aromatic heterocycles. The van der Waals surface area contributed by atoms with Gasteiger partial charge in [0.1, 0.15) is 5.82 Å². The smallest absolute Gasteiger partial charge is 0.331 e. The van der Waals surface area contributed by atoms with Gasteiger partial charge in [-0.05, 0) is 36.3 Å². The molecule has 0 spiro atoms. The molecule has 0 atom stereocenters. The second-order valence-electron chi connectivity index (χ2n) is 5.33. The molecule has 0 heterocycles. The highest BCUT2D eigenvalue weighted by atomic mass is 79.9. The Bertz CT molecular complexity index is 805. The van der Waals surface area contributed by atoms with Crippen molar-refractivity contribution in [3.05, 3.63) is 75.5 Å². The van der Waals surface area contributed by atoms with Gasteiger partial charge in [-0.3, -0.25) is 4.79 Å². The summed E-state index contributed by atoms with van der Waals surface area (Å²) in [6.45, 7) is 1.58. The zero-order valence-corrected chi connectivity index (χ0v) is 15.2. The lowest BCUT2D eigenvalue weighted by molar-refractivity contribution is -0.143. The second-order valence-corrected chi connectivity index (χ2v) is 6.19. The zero-order chi connectivity index (χ0) is 18.2. The van der Waals surface area contributed by atoms with Crippen molar-refractivity contribution < 1.29 is 18.7 Å². The Balaban J connectivity index is 1.78.